The van der Waals surface area contributed by atoms with Gasteiger partial charge in [-0.05, 0) is 37.3 Å². The molecule has 2 heterocycles. The zero-order valence-corrected chi connectivity index (χ0v) is 15.4. The predicted molar refractivity (Wildman–Crippen MR) is 102 cm³/mol. The van der Waals surface area contributed by atoms with Crippen LogP contribution in [0.3, 0.4) is 0 Å². The van der Waals surface area contributed by atoms with Crippen LogP contribution < -0.4 is 10.1 Å². The van der Waals surface area contributed by atoms with E-state index in [1.165, 1.54) is 23.9 Å². The van der Waals surface area contributed by atoms with E-state index in [4.69, 9.17) is 4.74 Å². The Morgan fingerprint density at radius 2 is 2.04 bits per heavy atom. The highest BCUT2D eigenvalue weighted by atomic mass is 19.1. The van der Waals surface area contributed by atoms with E-state index in [2.05, 4.69) is 10.4 Å². The Morgan fingerprint density at radius 3 is 2.79 bits per heavy atom. The van der Waals surface area contributed by atoms with E-state index in [-0.39, 0.29) is 18.1 Å². The van der Waals surface area contributed by atoms with Crippen LogP contribution in [-0.4, -0.2) is 28.6 Å². The molecular formula is C21H18FN3O3. The number of para-hydroxylation sites is 1. The van der Waals surface area contributed by atoms with Crippen molar-refractivity contribution in [2.75, 3.05) is 12.4 Å². The summed E-state index contributed by atoms with van der Waals surface area (Å²) in [6.45, 7) is 1.77. The van der Waals surface area contributed by atoms with E-state index in [0.717, 1.165) is 0 Å². The molecule has 1 N–H and O–H groups in total. The zero-order chi connectivity index (χ0) is 19.8. The van der Waals surface area contributed by atoms with Crippen LogP contribution in [0.1, 0.15) is 34.0 Å². The first-order valence-corrected chi connectivity index (χ1v) is 8.82. The van der Waals surface area contributed by atoms with Crippen molar-refractivity contribution in [3.05, 3.63) is 71.2 Å². The molecule has 1 atom stereocenters. The molecule has 0 spiro atoms. The number of aromatic nitrogens is 2. The van der Waals surface area contributed by atoms with Crippen molar-refractivity contribution >= 4 is 17.5 Å². The number of fused-ring (bicyclic) bond motifs is 1. The van der Waals surface area contributed by atoms with Gasteiger partial charge in [0.25, 0.3) is 0 Å². The lowest BCUT2D eigenvalue weighted by atomic mass is 9.85. The molecule has 2 aromatic carbocycles. The number of amides is 1. The van der Waals surface area contributed by atoms with Gasteiger partial charge in [-0.15, -0.1) is 0 Å². The summed E-state index contributed by atoms with van der Waals surface area (Å²) < 4.78 is 20.5. The molecule has 1 aliphatic heterocycles. The molecule has 6 nitrogen and oxygen atoms in total. The monoisotopic (exact) mass is 379 g/mol. The van der Waals surface area contributed by atoms with Crippen molar-refractivity contribution in [1.82, 2.24) is 9.78 Å². The third kappa shape index (κ3) is 2.94. The van der Waals surface area contributed by atoms with Crippen LogP contribution in [0, 0.1) is 12.7 Å². The van der Waals surface area contributed by atoms with Crippen molar-refractivity contribution in [3.8, 4) is 11.4 Å². The summed E-state index contributed by atoms with van der Waals surface area (Å²) in [5, 5.41) is 7.25. The van der Waals surface area contributed by atoms with Gasteiger partial charge in [-0.3, -0.25) is 9.59 Å². The topological polar surface area (TPSA) is 73.2 Å². The second-order valence-corrected chi connectivity index (χ2v) is 6.61. The third-order valence-electron chi connectivity index (χ3n) is 4.84. The minimum atomic E-state index is -0.692. The number of Topliss-reactive ketones (excluding diaryl/α,β-unsaturated/α-hetero) is 1. The quantitative estimate of drug-likeness (QED) is 0.703. The number of carbonyl (C=O) groups excluding carboxylic acids is 2. The number of nitrogens with zero attached hydrogens (tertiary/aromatic N) is 2. The summed E-state index contributed by atoms with van der Waals surface area (Å²) in [7, 11) is 1.50. The Morgan fingerprint density at radius 1 is 1.25 bits per heavy atom. The summed E-state index contributed by atoms with van der Waals surface area (Å²) in [6, 6.07) is 12.8. The van der Waals surface area contributed by atoms with Gasteiger partial charge in [0.05, 0.1) is 30.0 Å². The van der Waals surface area contributed by atoms with Crippen molar-refractivity contribution in [3.63, 3.8) is 0 Å². The maximum atomic E-state index is 13.7. The van der Waals surface area contributed by atoms with Crippen molar-refractivity contribution < 1.29 is 18.7 Å². The number of hydrogen-bond donors (Lipinski definition) is 1. The van der Waals surface area contributed by atoms with Crippen molar-refractivity contribution in [2.45, 2.75) is 19.3 Å². The normalized spacial score (nSPS) is 15.7. The molecule has 1 unspecified atom stereocenters. The van der Waals surface area contributed by atoms with Crippen LogP contribution in [0.2, 0.25) is 0 Å². The highest BCUT2D eigenvalue weighted by molar-refractivity contribution is 6.09. The molecule has 142 valence electrons. The number of aryl methyl sites for hydroxylation is 1. The molecule has 4 rings (SSSR count). The molecular weight excluding hydrogens is 361 g/mol. The molecule has 0 bridgehead atoms. The maximum absolute atomic E-state index is 13.7. The predicted octanol–water partition coefficient (Wildman–Crippen LogP) is 3.64. The standard InChI is InChI=1S/C21H18FN3O3/c1-12-19-16(20(27)15-8-3-4-9-17(15)28-2)11-18(26)23-21(19)25(24-12)14-7-5-6-13(22)10-14/h3-10,16H,11H2,1-2H3,(H,23,26). The summed E-state index contributed by atoms with van der Waals surface area (Å²) in [4.78, 5) is 25.7. The fourth-order valence-corrected chi connectivity index (χ4v) is 3.60. The Kier molecular flexibility index (Phi) is 4.43. The molecule has 1 aliphatic rings. The smallest absolute Gasteiger partial charge is 0.226 e. The molecule has 0 radical (unpaired) electrons. The van der Waals surface area contributed by atoms with Crippen molar-refractivity contribution in [1.29, 1.82) is 0 Å². The lowest BCUT2D eigenvalue weighted by molar-refractivity contribution is -0.116. The first-order valence-electron chi connectivity index (χ1n) is 8.82. The van der Waals surface area contributed by atoms with Gasteiger partial charge < -0.3 is 10.1 Å². The second-order valence-electron chi connectivity index (χ2n) is 6.61. The van der Waals surface area contributed by atoms with Gasteiger partial charge in [-0.25, -0.2) is 9.07 Å². The summed E-state index contributed by atoms with van der Waals surface area (Å²) in [6.07, 6.45) is 0.0135. The number of benzene rings is 2. The van der Waals surface area contributed by atoms with Gasteiger partial charge >= 0.3 is 0 Å². The minimum Gasteiger partial charge on any atom is -0.496 e. The molecule has 0 saturated heterocycles. The third-order valence-corrected chi connectivity index (χ3v) is 4.84. The highest BCUT2D eigenvalue weighted by Crippen LogP contribution is 2.39. The number of anilines is 1. The highest BCUT2D eigenvalue weighted by Gasteiger charge is 2.37. The molecule has 1 amide bonds. The number of halogens is 1. The van der Waals surface area contributed by atoms with E-state index in [9.17, 15) is 14.0 Å². The number of rotatable bonds is 4. The van der Waals surface area contributed by atoms with E-state index in [1.807, 2.05) is 0 Å². The lowest BCUT2D eigenvalue weighted by Crippen LogP contribution is -2.28. The van der Waals surface area contributed by atoms with Crippen LogP contribution >= 0.6 is 0 Å². The number of methoxy groups -OCH3 is 1. The Labute approximate surface area is 160 Å². The van der Waals surface area contributed by atoms with Crippen LogP contribution in [-0.2, 0) is 4.79 Å². The molecule has 7 heteroatoms. The second kappa shape index (κ2) is 6.92. The first-order chi connectivity index (χ1) is 13.5. The number of ketones is 1. The van der Waals surface area contributed by atoms with Gasteiger partial charge in [0.1, 0.15) is 17.4 Å². The van der Waals surface area contributed by atoms with Crippen molar-refractivity contribution in [2.24, 2.45) is 0 Å². The Bertz CT molecular complexity index is 1090. The summed E-state index contributed by atoms with van der Waals surface area (Å²) >= 11 is 0. The molecule has 3 aromatic rings. The molecule has 0 aliphatic carbocycles. The molecule has 28 heavy (non-hydrogen) atoms. The SMILES string of the molecule is COc1ccccc1C(=O)C1CC(=O)Nc2c1c(C)nn2-c1cccc(F)c1. The van der Waals surface area contributed by atoms with Gasteiger partial charge in [0.15, 0.2) is 5.78 Å². The van der Waals surface area contributed by atoms with Crippen LogP contribution in [0.5, 0.6) is 5.75 Å². The van der Waals surface area contributed by atoms with Gasteiger partial charge in [-0.2, -0.15) is 5.10 Å². The fourth-order valence-electron chi connectivity index (χ4n) is 3.60. The number of carbonyl (C=O) groups is 2. The van der Waals surface area contributed by atoms with Crippen LogP contribution in [0.15, 0.2) is 48.5 Å². The van der Waals surface area contributed by atoms with E-state index in [0.29, 0.717) is 34.1 Å². The Balaban J connectivity index is 1.84. The fraction of sp³-hybridized carbons (Fsp3) is 0.190. The van der Waals surface area contributed by atoms with E-state index >= 15 is 0 Å². The zero-order valence-electron chi connectivity index (χ0n) is 15.4. The first kappa shape index (κ1) is 17.9. The molecule has 1 aromatic heterocycles. The molecule has 0 fully saturated rings. The summed E-state index contributed by atoms with van der Waals surface area (Å²) in [5.74, 6) is -0.762. The van der Waals surface area contributed by atoms with E-state index < -0.39 is 11.7 Å². The average Bonchev–Trinajstić information content (AvgIpc) is 3.03. The average molecular weight is 379 g/mol. The lowest BCUT2D eigenvalue weighted by Gasteiger charge is -2.23. The minimum absolute atomic E-state index is 0.0135. The number of ether oxygens (including phenoxy) is 1. The maximum Gasteiger partial charge on any atom is 0.226 e. The number of hydrogen-bond acceptors (Lipinski definition) is 4. The summed E-state index contributed by atoms with van der Waals surface area (Å²) in [5.41, 5.74) is 2.12. The van der Waals surface area contributed by atoms with Crippen LogP contribution in [0.25, 0.3) is 5.69 Å². The molecule has 0 saturated carbocycles. The van der Waals surface area contributed by atoms with E-state index in [1.54, 1.807) is 43.3 Å². The van der Waals surface area contributed by atoms with Gasteiger partial charge in [-0.1, -0.05) is 18.2 Å². The van der Waals surface area contributed by atoms with Crippen LogP contribution in [0.4, 0.5) is 10.2 Å². The largest absolute Gasteiger partial charge is 0.496 e. The number of nitrogens with one attached hydrogen (secondary N) is 1. The Hall–Kier alpha value is -3.48. The van der Waals surface area contributed by atoms with Gasteiger partial charge in [0.2, 0.25) is 5.91 Å². The van der Waals surface area contributed by atoms with Gasteiger partial charge in [0, 0.05) is 12.0 Å².